The zero-order chi connectivity index (χ0) is 4.99. The first kappa shape index (κ1) is 15.8. The summed E-state index contributed by atoms with van der Waals surface area (Å²) in [5.41, 5.74) is 0. The standard InChI is InChI=1S/C4H8O2.Na.H2O.H/c1-3-6-4(2)5;;;/h3H2,1-2H3;;1H2;/q;+1;;-1. The minimum absolute atomic E-state index is 0. The molecule has 0 aromatic rings. The van der Waals surface area contributed by atoms with Gasteiger partial charge in [0.25, 0.3) is 0 Å². The summed E-state index contributed by atoms with van der Waals surface area (Å²) in [5, 5.41) is 0. The van der Waals surface area contributed by atoms with E-state index in [0.717, 1.165) is 0 Å². The van der Waals surface area contributed by atoms with Gasteiger partial charge in [-0.25, -0.2) is 0 Å². The Balaban J connectivity index is -0.0000000417. The molecule has 8 heavy (non-hydrogen) atoms. The molecule has 2 N–H and O–H groups in total. The summed E-state index contributed by atoms with van der Waals surface area (Å²) in [6, 6.07) is 0. The van der Waals surface area contributed by atoms with Crippen LogP contribution >= 0.6 is 0 Å². The van der Waals surface area contributed by atoms with Gasteiger partial charge in [0.2, 0.25) is 0 Å². The molecule has 0 saturated heterocycles. The Kier molecular flexibility index (Phi) is 20.6. The van der Waals surface area contributed by atoms with E-state index < -0.39 is 0 Å². The quantitative estimate of drug-likeness (QED) is 0.278. The monoisotopic (exact) mass is 130 g/mol. The zero-order valence-corrected chi connectivity index (χ0v) is 7.52. The molecule has 0 atom stereocenters. The Bertz CT molecular complexity index is 59.8. The molecule has 0 aliphatic carbocycles. The van der Waals surface area contributed by atoms with Gasteiger partial charge in [-0.15, -0.1) is 0 Å². The van der Waals surface area contributed by atoms with Crippen molar-refractivity contribution >= 4 is 5.97 Å². The summed E-state index contributed by atoms with van der Waals surface area (Å²) < 4.78 is 4.40. The van der Waals surface area contributed by atoms with Crippen molar-refractivity contribution in [3.05, 3.63) is 0 Å². The maximum Gasteiger partial charge on any atom is 1.00 e. The fourth-order valence-corrected chi connectivity index (χ4v) is 0.203. The molecule has 0 rings (SSSR count). The van der Waals surface area contributed by atoms with Crippen molar-refractivity contribution in [2.45, 2.75) is 13.8 Å². The molecule has 3 nitrogen and oxygen atoms in total. The second-order valence-electron chi connectivity index (χ2n) is 0.925. The Morgan fingerprint density at radius 3 is 2.12 bits per heavy atom. The third-order valence-corrected chi connectivity index (χ3v) is 0.348. The van der Waals surface area contributed by atoms with E-state index in [4.69, 9.17) is 0 Å². The molecule has 0 aliphatic heterocycles. The Labute approximate surface area is 72.5 Å². The molecule has 4 heteroatoms. The number of ether oxygens (including phenoxy) is 1. The normalized spacial score (nSPS) is 5.75. The largest absolute Gasteiger partial charge is 1.00 e. The van der Waals surface area contributed by atoms with E-state index in [-0.39, 0.29) is 42.4 Å². The molecule has 46 valence electrons. The predicted molar refractivity (Wildman–Crippen MR) is 27.0 cm³/mol. The average Bonchev–Trinajstić information content (AvgIpc) is 1.35. The van der Waals surface area contributed by atoms with E-state index in [9.17, 15) is 4.79 Å². The van der Waals surface area contributed by atoms with Crippen LogP contribution in [0.3, 0.4) is 0 Å². The van der Waals surface area contributed by atoms with Gasteiger partial charge in [0.1, 0.15) is 0 Å². The molecule has 0 aromatic heterocycles. The summed E-state index contributed by atoms with van der Waals surface area (Å²) in [5.74, 6) is -0.211. The van der Waals surface area contributed by atoms with Crippen molar-refractivity contribution in [3.8, 4) is 0 Å². The number of rotatable bonds is 1. The number of esters is 1. The zero-order valence-electron chi connectivity index (χ0n) is 6.52. The molecular weight excluding hydrogens is 119 g/mol. The van der Waals surface area contributed by atoms with Gasteiger partial charge in [0, 0.05) is 6.92 Å². The molecule has 0 saturated carbocycles. The summed E-state index contributed by atoms with van der Waals surface area (Å²) in [6.07, 6.45) is 0. The number of carbonyl (C=O) groups excluding carboxylic acids is 1. The van der Waals surface area contributed by atoms with Gasteiger partial charge in [-0.2, -0.15) is 0 Å². The third-order valence-electron chi connectivity index (χ3n) is 0.348. The summed E-state index contributed by atoms with van der Waals surface area (Å²) in [4.78, 5) is 9.82. The first-order chi connectivity index (χ1) is 2.77. The van der Waals surface area contributed by atoms with Crippen LogP contribution in [0.4, 0.5) is 0 Å². The van der Waals surface area contributed by atoms with Gasteiger partial charge >= 0.3 is 35.5 Å². The Hall–Kier alpha value is 0.430. The van der Waals surface area contributed by atoms with E-state index in [1.54, 1.807) is 6.92 Å². The smallest absolute Gasteiger partial charge is 1.00 e. The molecule has 0 heterocycles. The topological polar surface area (TPSA) is 57.8 Å². The van der Waals surface area contributed by atoms with Crippen molar-refractivity contribution in [3.63, 3.8) is 0 Å². The van der Waals surface area contributed by atoms with Crippen LogP contribution < -0.4 is 29.6 Å². The minimum atomic E-state index is -0.211. The van der Waals surface area contributed by atoms with Crippen LogP contribution in [0, 0.1) is 0 Å². The van der Waals surface area contributed by atoms with Crippen molar-refractivity contribution in [2.75, 3.05) is 6.61 Å². The Morgan fingerprint density at radius 1 is 1.75 bits per heavy atom. The second kappa shape index (κ2) is 10.4. The molecule has 0 unspecified atom stereocenters. The summed E-state index contributed by atoms with van der Waals surface area (Å²) in [7, 11) is 0. The third kappa shape index (κ3) is 16.1. The van der Waals surface area contributed by atoms with Crippen molar-refractivity contribution in [2.24, 2.45) is 0 Å². The summed E-state index contributed by atoms with van der Waals surface area (Å²) >= 11 is 0. The maximum absolute atomic E-state index is 9.82. The second-order valence-corrected chi connectivity index (χ2v) is 0.925. The predicted octanol–water partition coefficient (Wildman–Crippen LogP) is -3.14. The van der Waals surface area contributed by atoms with Crippen LogP contribution in [-0.4, -0.2) is 18.1 Å². The number of hydrogen-bond donors (Lipinski definition) is 0. The van der Waals surface area contributed by atoms with E-state index in [1.807, 2.05) is 0 Å². The van der Waals surface area contributed by atoms with Crippen molar-refractivity contribution in [1.29, 1.82) is 0 Å². The van der Waals surface area contributed by atoms with Crippen LogP contribution in [-0.2, 0) is 9.53 Å². The Morgan fingerprint density at radius 2 is 2.12 bits per heavy atom. The molecule has 0 aromatic carbocycles. The van der Waals surface area contributed by atoms with Crippen LogP contribution in [0.2, 0.25) is 0 Å². The molecule has 0 radical (unpaired) electrons. The molecule has 0 spiro atoms. The fraction of sp³-hybridized carbons (Fsp3) is 0.750. The van der Waals surface area contributed by atoms with Crippen LogP contribution in [0.5, 0.6) is 0 Å². The van der Waals surface area contributed by atoms with Gasteiger partial charge in [-0.1, -0.05) is 0 Å². The molecule has 0 amide bonds. The van der Waals surface area contributed by atoms with Crippen LogP contribution in [0.1, 0.15) is 15.3 Å². The van der Waals surface area contributed by atoms with E-state index in [0.29, 0.717) is 6.61 Å². The van der Waals surface area contributed by atoms with Gasteiger partial charge < -0.3 is 11.6 Å². The molecule has 0 aliphatic rings. The van der Waals surface area contributed by atoms with Crippen LogP contribution in [0.15, 0.2) is 0 Å². The van der Waals surface area contributed by atoms with E-state index >= 15 is 0 Å². The van der Waals surface area contributed by atoms with Crippen molar-refractivity contribution < 1.29 is 46.0 Å². The first-order valence-electron chi connectivity index (χ1n) is 1.90. The minimum Gasteiger partial charge on any atom is -1.00 e. The molecule has 0 bridgehead atoms. The number of hydrogen-bond acceptors (Lipinski definition) is 2. The molecule has 0 fully saturated rings. The van der Waals surface area contributed by atoms with Crippen LogP contribution in [0.25, 0.3) is 0 Å². The van der Waals surface area contributed by atoms with Gasteiger partial charge in [-0.3, -0.25) is 4.79 Å². The first-order valence-corrected chi connectivity index (χ1v) is 1.90. The van der Waals surface area contributed by atoms with E-state index in [1.165, 1.54) is 6.92 Å². The maximum atomic E-state index is 9.82. The average molecular weight is 130 g/mol. The number of carbonyl (C=O) groups is 1. The fourth-order valence-electron chi connectivity index (χ4n) is 0.203. The van der Waals surface area contributed by atoms with Crippen molar-refractivity contribution in [1.82, 2.24) is 0 Å². The van der Waals surface area contributed by atoms with E-state index in [2.05, 4.69) is 4.74 Å². The van der Waals surface area contributed by atoms with Gasteiger partial charge in [-0.05, 0) is 6.92 Å². The van der Waals surface area contributed by atoms with Gasteiger partial charge in [0.15, 0.2) is 0 Å². The molecular formula is C4H11NaO3. The van der Waals surface area contributed by atoms with Gasteiger partial charge in [0.05, 0.1) is 6.61 Å². The SMILES string of the molecule is CCOC(C)=O.O.[H-].[Na+]. The summed E-state index contributed by atoms with van der Waals surface area (Å²) in [6.45, 7) is 3.65.